The number of hydrogen-bond donors (Lipinski definition) is 3. The zero-order chi connectivity index (χ0) is 4.86. The zero-order valence-electron chi connectivity index (χ0n) is 6.61. The molecule has 1 heterocycles. The van der Waals surface area contributed by atoms with Crippen LogP contribution in [0.4, 0.5) is 0 Å². The van der Waals surface area contributed by atoms with E-state index in [-0.39, 0.29) is 119 Å². The van der Waals surface area contributed by atoms with Gasteiger partial charge in [0.1, 0.15) is 0 Å². The molecule has 5 nitrogen and oxygen atoms in total. The molecule has 0 spiro atoms. The average Bonchev–Trinajstić information content (AvgIpc) is 1.73. The van der Waals surface area contributed by atoms with E-state index in [1.807, 2.05) is 0 Å². The molecule has 0 radical (unpaired) electrons. The van der Waals surface area contributed by atoms with Crippen LogP contribution in [-0.4, -0.2) is 14.7 Å². The van der Waals surface area contributed by atoms with Crippen LogP contribution in [0.2, 0.25) is 0 Å². The van der Waals surface area contributed by atoms with Gasteiger partial charge in [-0.25, -0.2) is 0 Å². The van der Waals surface area contributed by atoms with Crippen molar-refractivity contribution in [3.63, 3.8) is 0 Å². The SMILES string of the molecule is OP1(O)(O)OO1.[H-].[H-].[Rb+].[Rb+]. The molecule has 0 amide bonds. The topological polar surface area (TPSA) is 85.8 Å². The Kier molecular flexibility index (Phi) is 7.51. The summed E-state index contributed by atoms with van der Waals surface area (Å²) < 4.78 is 6.76. The first-order chi connectivity index (χ1) is 2.47. The maximum atomic E-state index is 7.89. The van der Waals surface area contributed by atoms with Gasteiger partial charge < -0.3 is 2.85 Å². The maximum Gasteiger partial charge on any atom is 1.00 e. The van der Waals surface area contributed by atoms with Crippen molar-refractivity contribution < 1.29 is 143 Å². The van der Waals surface area contributed by atoms with E-state index < -0.39 is 7.74 Å². The van der Waals surface area contributed by atoms with Gasteiger partial charge in [0.05, 0.1) is 0 Å². The molecule has 42 valence electrons. The first-order valence-electron chi connectivity index (χ1n) is 1.13. The summed E-state index contributed by atoms with van der Waals surface area (Å²) in [4.78, 5) is 23.7. The van der Waals surface area contributed by atoms with Crippen LogP contribution < -0.4 is 116 Å². The van der Waals surface area contributed by atoms with Crippen molar-refractivity contribution in [3.05, 3.63) is 0 Å². The van der Waals surface area contributed by atoms with Gasteiger partial charge >= 0.3 is 148 Å². The van der Waals surface area contributed by atoms with E-state index >= 15 is 0 Å². The van der Waals surface area contributed by atoms with Gasteiger partial charge in [-0.2, -0.15) is 0 Å². The van der Waals surface area contributed by atoms with E-state index in [1.165, 1.54) is 0 Å². The van der Waals surface area contributed by atoms with E-state index in [1.54, 1.807) is 0 Å². The molecule has 0 aliphatic carbocycles. The van der Waals surface area contributed by atoms with Crippen LogP contribution in [0, 0.1) is 0 Å². The Balaban J connectivity index is -0.0000000450. The third-order valence-corrected chi connectivity index (χ3v) is 0.824. The molecule has 3 N–H and O–H groups in total. The van der Waals surface area contributed by atoms with Crippen LogP contribution in [0.15, 0.2) is 0 Å². The molecular weight excluding hydrogens is 282 g/mol. The predicted octanol–water partition coefficient (Wildman–Crippen LogP) is -6.71. The second-order valence-electron chi connectivity index (χ2n) is 0.982. The summed E-state index contributed by atoms with van der Waals surface area (Å²) in [5.74, 6) is 0. The molecular formula is H5O5PRb2. The summed E-state index contributed by atoms with van der Waals surface area (Å²) in [5.41, 5.74) is 0. The van der Waals surface area contributed by atoms with E-state index in [9.17, 15) is 0 Å². The molecule has 0 aromatic heterocycles. The van der Waals surface area contributed by atoms with E-state index in [0.717, 1.165) is 0 Å². The third-order valence-electron chi connectivity index (χ3n) is 0.275. The summed E-state index contributed by atoms with van der Waals surface area (Å²) in [6, 6.07) is 0. The Morgan fingerprint density at radius 1 is 1.00 bits per heavy atom. The largest absolute Gasteiger partial charge is 1.00 e. The third kappa shape index (κ3) is 6.54. The van der Waals surface area contributed by atoms with Gasteiger partial charge in [-0.3, -0.25) is 0 Å². The molecule has 1 saturated heterocycles. The fourth-order valence-electron chi connectivity index (χ4n) is 0.0447. The molecule has 0 aromatic rings. The van der Waals surface area contributed by atoms with Gasteiger partial charge in [0, 0.05) is 0 Å². The zero-order valence-corrected chi connectivity index (χ0v) is 15.3. The van der Waals surface area contributed by atoms with Crippen molar-refractivity contribution in [1.29, 1.82) is 0 Å². The Hall–Kier alpha value is 3.84. The molecule has 0 aromatic carbocycles. The summed E-state index contributed by atoms with van der Waals surface area (Å²) in [6.45, 7) is 0. The Labute approximate surface area is 147 Å². The second kappa shape index (κ2) is 4.18. The van der Waals surface area contributed by atoms with E-state index in [4.69, 9.17) is 14.7 Å². The van der Waals surface area contributed by atoms with Gasteiger partial charge in [0.2, 0.25) is 0 Å². The molecule has 1 rings (SSSR count). The van der Waals surface area contributed by atoms with Crippen molar-refractivity contribution in [2.24, 2.45) is 0 Å². The van der Waals surface area contributed by atoms with Crippen LogP contribution in [0.1, 0.15) is 2.85 Å². The number of rotatable bonds is 0. The molecule has 1 aliphatic heterocycles. The van der Waals surface area contributed by atoms with Crippen LogP contribution in [0.5, 0.6) is 0 Å². The summed E-state index contributed by atoms with van der Waals surface area (Å²) in [5, 5.41) is 0. The maximum absolute atomic E-state index is 7.89. The first kappa shape index (κ1) is 14.4. The molecule has 0 saturated carbocycles. The van der Waals surface area contributed by atoms with Gasteiger partial charge in [-0.1, -0.05) is 0 Å². The summed E-state index contributed by atoms with van der Waals surface area (Å²) >= 11 is 0. The molecule has 0 atom stereocenters. The Bertz CT molecular complexity index is 81.4. The van der Waals surface area contributed by atoms with Gasteiger partial charge in [-0.15, -0.1) is 0 Å². The smallest absolute Gasteiger partial charge is 1.00 e. The van der Waals surface area contributed by atoms with Crippen LogP contribution in [0.3, 0.4) is 0 Å². The average molecular weight is 287 g/mol. The van der Waals surface area contributed by atoms with Crippen LogP contribution in [-0.2, 0) is 9.35 Å². The summed E-state index contributed by atoms with van der Waals surface area (Å²) in [6.07, 6.45) is 0. The van der Waals surface area contributed by atoms with Gasteiger partial charge in [-0.05, 0) is 0 Å². The van der Waals surface area contributed by atoms with Crippen molar-refractivity contribution in [1.82, 2.24) is 0 Å². The predicted molar refractivity (Wildman–Crippen MR) is 18.0 cm³/mol. The standard InChI is InChI=1S/H3O5P.2Rb.2H/c1-6(2,3)4-5-6;;;;/h1-3H;;;;/q;2*+1;2*-1. The first-order valence-corrected chi connectivity index (χ1v) is 3.06. The van der Waals surface area contributed by atoms with Crippen LogP contribution >= 0.6 is 7.74 Å². The molecule has 0 bridgehead atoms. The van der Waals surface area contributed by atoms with Gasteiger partial charge in [0.25, 0.3) is 0 Å². The fraction of sp³-hybridized carbons (Fsp3) is 0. The molecule has 1 aliphatic rings. The molecule has 1 fully saturated rings. The van der Waals surface area contributed by atoms with Crippen molar-refractivity contribution >= 4 is 7.74 Å². The second-order valence-corrected chi connectivity index (χ2v) is 2.95. The minimum absolute atomic E-state index is 0. The monoisotopic (exact) mass is 286 g/mol. The quantitative estimate of drug-likeness (QED) is 0.234. The van der Waals surface area contributed by atoms with Crippen molar-refractivity contribution in [3.8, 4) is 0 Å². The Morgan fingerprint density at radius 2 is 1.12 bits per heavy atom. The molecule has 8 heavy (non-hydrogen) atoms. The van der Waals surface area contributed by atoms with Crippen molar-refractivity contribution in [2.75, 3.05) is 0 Å². The minimum Gasteiger partial charge on any atom is -1.00 e. The fourth-order valence-corrected chi connectivity index (χ4v) is 0.402. The number of hydrogen-bond acceptors (Lipinski definition) is 5. The molecule has 0 unspecified atom stereocenters. The normalized spacial score (nSPS) is 32.1. The summed E-state index contributed by atoms with van der Waals surface area (Å²) in [7, 11) is -4.80. The van der Waals surface area contributed by atoms with E-state index in [0.29, 0.717) is 0 Å². The molecule has 8 heteroatoms. The van der Waals surface area contributed by atoms with Crippen molar-refractivity contribution in [2.45, 2.75) is 0 Å². The van der Waals surface area contributed by atoms with Gasteiger partial charge in [0.15, 0.2) is 0 Å². The minimum atomic E-state index is -4.80. The Morgan fingerprint density at radius 3 is 1.12 bits per heavy atom. The van der Waals surface area contributed by atoms with E-state index in [2.05, 4.69) is 9.35 Å². The van der Waals surface area contributed by atoms with Crippen LogP contribution in [0.25, 0.3) is 0 Å².